The number of hydrogen-bond donors (Lipinski definition) is 1. The third-order valence-electron chi connectivity index (χ3n) is 4.68. The average molecular weight is 362 g/mol. The third kappa shape index (κ3) is 3.85. The first-order valence-corrected chi connectivity index (χ1v) is 9.04. The van der Waals surface area contributed by atoms with Crippen LogP contribution in [0.1, 0.15) is 10.5 Å². The molecule has 1 fully saturated rings. The monoisotopic (exact) mass is 362 g/mol. The predicted molar refractivity (Wildman–Crippen MR) is 106 cm³/mol. The Balaban J connectivity index is 1.47. The maximum absolute atomic E-state index is 12.7. The molecule has 4 rings (SSSR count). The molecule has 0 bridgehead atoms. The summed E-state index contributed by atoms with van der Waals surface area (Å²) in [6.45, 7) is 3.29. The lowest BCUT2D eigenvalue weighted by molar-refractivity contribution is 0.101. The van der Waals surface area contributed by atoms with E-state index in [1.54, 1.807) is 11.7 Å². The minimum Gasteiger partial charge on any atom is -0.378 e. The van der Waals surface area contributed by atoms with E-state index in [0.717, 1.165) is 48.9 Å². The second-order valence-electron chi connectivity index (χ2n) is 6.50. The molecular weight excluding hydrogens is 340 g/mol. The quantitative estimate of drug-likeness (QED) is 0.774. The van der Waals surface area contributed by atoms with Gasteiger partial charge in [-0.1, -0.05) is 30.3 Å². The minimum absolute atomic E-state index is 0.175. The molecule has 2 aromatic carbocycles. The van der Waals surface area contributed by atoms with Gasteiger partial charge in [-0.15, -0.1) is 0 Å². The van der Waals surface area contributed by atoms with Crippen LogP contribution in [0.2, 0.25) is 0 Å². The number of nitrogens with zero attached hydrogens (tertiary/aromatic N) is 3. The van der Waals surface area contributed by atoms with E-state index >= 15 is 0 Å². The molecule has 2 heterocycles. The van der Waals surface area contributed by atoms with Crippen LogP contribution in [0.25, 0.3) is 11.3 Å². The number of carbonyl (C=O) groups is 1. The average Bonchev–Trinajstić information content (AvgIpc) is 3.12. The molecule has 1 aromatic heterocycles. The Morgan fingerprint density at radius 3 is 2.44 bits per heavy atom. The van der Waals surface area contributed by atoms with Crippen molar-refractivity contribution < 1.29 is 9.53 Å². The highest BCUT2D eigenvalue weighted by Crippen LogP contribution is 2.21. The van der Waals surface area contributed by atoms with Crippen LogP contribution in [0, 0.1) is 0 Å². The number of aryl methyl sites for hydroxylation is 1. The Morgan fingerprint density at radius 2 is 1.74 bits per heavy atom. The Hall–Kier alpha value is -3.12. The summed E-state index contributed by atoms with van der Waals surface area (Å²) in [5, 5.41) is 7.41. The molecule has 0 atom stereocenters. The van der Waals surface area contributed by atoms with Crippen molar-refractivity contribution in [1.82, 2.24) is 9.78 Å². The highest BCUT2D eigenvalue weighted by molar-refractivity contribution is 6.03. The van der Waals surface area contributed by atoms with Crippen molar-refractivity contribution in [3.63, 3.8) is 0 Å². The third-order valence-corrected chi connectivity index (χ3v) is 4.68. The summed E-state index contributed by atoms with van der Waals surface area (Å²) in [5.41, 5.74) is 4.20. The first-order valence-electron chi connectivity index (χ1n) is 9.04. The van der Waals surface area contributed by atoms with E-state index in [9.17, 15) is 4.79 Å². The molecule has 0 unspecified atom stereocenters. The van der Waals surface area contributed by atoms with E-state index in [1.165, 1.54) is 0 Å². The largest absolute Gasteiger partial charge is 0.378 e. The summed E-state index contributed by atoms with van der Waals surface area (Å²) >= 11 is 0. The second-order valence-corrected chi connectivity index (χ2v) is 6.50. The standard InChI is InChI=1S/C21H22N4O2/c1-24-20(15-19(23-24)16-5-3-2-4-6-16)21(26)22-17-7-9-18(10-8-17)25-11-13-27-14-12-25/h2-10,15H,11-14H2,1H3,(H,22,26). The number of morpholine rings is 1. The normalized spacial score (nSPS) is 14.2. The number of benzene rings is 2. The van der Waals surface area contributed by atoms with Gasteiger partial charge in [0.1, 0.15) is 5.69 Å². The van der Waals surface area contributed by atoms with Crippen molar-refractivity contribution in [3.8, 4) is 11.3 Å². The van der Waals surface area contributed by atoms with Crippen LogP contribution in [0.4, 0.5) is 11.4 Å². The Morgan fingerprint density at radius 1 is 1.04 bits per heavy atom. The molecule has 27 heavy (non-hydrogen) atoms. The molecule has 1 aliphatic rings. The fraction of sp³-hybridized carbons (Fsp3) is 0.238. The Kier molecular flexibility index (Phi) is 4.89. The van der Waals surface area contributed by atoms with Gasteiger partial charge in [-0.3, -0.25) is 9.48 Å². The van der Waals surface area contributed by atoms with E-state index in [4.69, 9.17) is 4.74 Å². The fourth-order valence-electron chi connectivity index (χ4n) is 3.20. The summed E-state index contributed by atoms with van der Waals surface area (Å²) in [6.07, 6.45) is 0. The molecule has 6 nitrogen and oxygen atoms in total. The zero-order valence-electron chi connectivity index (χ0n) is 15.3. The Labute approximate surface area is 158 Å². The van der Waals surface area contributed by atoms with Crippen molar-refractivity contribution in [1.29, 1.82) is 0 Å². The predicted octanol–water partition coefficient (Wildman–Crippen LogP) is 3.18. The molecule has 138 valence electrons. The first-order chi connectivity index (χ1) is 13.2. The number of carbonyl (C=O) groups excluding carboxylic acids is 1. The van der Waals surface area contributed by atoms with E-state index in [-0.39, 0.29) is 5.91 Å². The van der Waals surface area contributed by atoms with Gasteiger partial charge in [-0.05, 0) is 30.3 Å². The molecule has 1 N–H and O–H groups in total. The summed E-state index contributed by atoms with van der Waals surface area (Å²) in [5.74, 6) is -0.175. The van der Waals surface area contributed by atoms with Gasteiger partial charge in [0.25, 0.3) is 5.91 Å². The van der Waals surface area contributed by atoms with Crippen molar-refractivity contribution in [2.24, 2.45) is 7.05 Å². The zero-order chi connectivity index (χ0) is 18.6. The van der Waals surface area contributed by atoms with Crippen molar-refractivity contribution in [3.05, 3.63) is 66.4 Å². The molecule has 0 spiro atoms. The molecule has 1 aliphatic heterocycles. The van der Waals surface area contributed by atoms with Gasteiger partial charge in [0.15, 0.2) is 0 Å². The van der Waals surface area contributed by atoms with Gasteiger partial charge < -0.3 is 15.0 Å². The highest BCUT2D eigenvalue weighted by atomic mass is 16.5. The van der Waals surface area contributed by atoms with Crippen molar-refractivity contribution in [2.45, 2.75) is 0 Å². The number of hydrogen-bond acceptors (Lipinski definition) is 4. The van der Waals surface area contributed by atoms with Crippen LogP contribution in [-0.2, 0) is 11.8 Å². The molecule has 1 amide bonds. The lowest BCUT2D eigenvalue weighted by Crippen LogP contribution is -2.36. The molecule has 0 aliphatic carbocycles. The number of amides is 1. The van der Waals surface area contributed by atoms with Gasteiger partial charge in [0.2, 0.25) is 0 Å². The van der Waals surface area contributed by atoms with E-state index in [0.29, 0.717) is 5.69 Å². The van der Waals surface area contributed by atoms with Crippen molar-refractivity contribution in [2.75, 3.05) is 36.5 Å². The van der Waals surface area contributed by atoms with Gasteiger partial charge in [-0.2, -0.15) is 5.10 Å². The Bertz CT molecular complexity index is 913. The van der Waals surface area contributed by atoms with Crippen LogP contribution in [0.5, 0.6) is 0 Å². The number of anilines is 2. The summed E-state index contributed by atoms with van der Waals surface area (Å²) in [6, 6.07) is 19.6. The highest BCUT2D eigenvalue weighted by Gasteiger charge is 2.15. The molecule has 0 radical (unpaired) electrons. The molecule has 1 saturated heterocycles. The maximum Gasteiger partial charge on any atom is 0.273 e. The molecular formula is C21H22N4O2. The van der Waals surface area contributed by atoms with E-state index < -0.39 is 0 Å². The van der Waals surface area contributed by atoms with E-state index in [2.05, 4.69) is 15.3 Å². The number of nitrogens with one attached hydrogen (secondary N) is 1. The van der Waals surface area contributed by atoms with Gasteiger partial charge in [0.05, 0.1) is 18.9 Å². The second kappa shape index (κ2) is 7.63. The fourth-order valence-corrected chi connectivity index (χ4v) is 3.20. The minimum atomic E-state index is -0.175. The first kappa shape index (κ1) is 17.3. The van der Waals surface area contributed by atoms with E-state index in [1.807, 2.05) is 60.7 Å². The summed E-state index contributed by atoms with van der Waals surface area (Å²) in [7, 11) is 1.78. The zero-order valence-corrected chi connectivity index (χ0v) is 15.3. The van der Waals surface area contributed by atoms with Crippen LogP contribution in [0.15, 0.2) is 60.7 Å². The maximum atomic E-state index is 12.7. The summed E-state index contributed by atoms with van der Waals surface area (Å²) in [4.78, 5) is 14.9. The van der Waals surface area contributed by atoms with Gasteiger partial charge in [-0.25, -0.2) is 0 Å². The van der Waals surface area contributed by atoms with Gasteiger partial charge >= 0.3 is 0 Å². The lowest BCUT2D eigenvalue weighted by Gasteiger charge is -2.28. The summed E-state index contributed by atoms with van der Waals surface area (Å²) < 4.78 is 7.00. The topological polar surface area (TPSA) is 59.4 Å². The van der Waals surface area contributed by atoms with Gasteiger partial charge in [0, 0.05) is 37.1 Å². The molecule has 3 aromatic rings. The smallest absolute Gasteiger partial charge is 0.273 e. The number of ether oxygens (including phenoxy) is 1. The van der Waals surface area contributed by atoms with Crippen LogP contribution < -0.4 is 10.2 Å². The molecule has 0 saturated carbocycles. The lowest BCUT2D eigenvalue weighted by atomic mass is 10.1. The van der Waals surface area contributed by atoms with Crippen LogP contribution >= 0.6 is 0 Å². The number of aromatic nitrogens is 2. The SMILES string of the molecule is Cn1nc(-c2ccccc2)cc1C(=O)Nc1ccc(N2CCOCC2)cc1. The van der Waals surface area contributed by atoms with Crippen LogP contribution in [0.3, 0.4) is 0 Å². The number of rotatable bonds is 4. The van der Waals surface area contributed by atoms with Crippen LogP contribution in [-0.4, -0.2) is 42.0 Å². The molecule has 6 heteroatoms. The van der Waals surface area contributed by atoms with Crippen molar-refractivity contribution >= 4 is 17.3 Å².